The van der Waals surface area contributed by atoms with Gasteiger partial charge in [0, 0.05) is 25.1 Å². The molecule has 0 spiro atoms. The summed E-state index contributed by atoms with van der Waals surface area (Å²) in [7, 11) is 0. The lowest BCUT2D eigenvalue weighted by Gasteiger charge is -2.21. The van der Waals surface area contributed by atoms with Crippen molar-refractivity contribution in [1.29, 1.82) is 0 Å². The van der Waals surface area contributed by atoms with Crippen molar-refractivity contribution in [2.24, 2.45) is 5.73 Å². The average molecular weight is 277 g/mol. The smallest absolute Gasteiger partial charge is 0.240 e. The minimum absolute atomic E-state index is 0.165. The number of carbonyl (C=O) groups excluding carboxylic acids is 2. The third-order valence-corrected chi connectivity index (χ3v) is 3.54. The van der Waals surface area contributed by atoms with Crippen molar-refractivity contribution < 1.29 is 14.7 Å². The van der Waals surface area contributed by atoms with Gasteiger partial charge in [-0.3, -0.25) is 9.59 Å². The molecule has 0 aromatic heterocycles. The Labute approximate surface area is 117 Å². The van der Waals surface area contributed by atoms with Gasteiger partial charge in [-0.25, -0.2) is 0 Å². The first-order valence-corrected chi connectivity index (χ1v) is 6.58. The Bertz CT molecular complexity index is 501. The van der Waals surface area contributed by atoms with E-state index in [1.807, 2.05) is 12.1 Å². The number of primary amides is 1. The number of aryl methyl sites for hydroxylation is 1. The van der Waals surface area contributed by atoms with Gasteiger partial charge in [0.15, 0.2) is 0 Å². The minimum Gasteiger partial charge on any atom is -0.399 e. The Morgan fingerprint density at radius 3 is 2.55 bits per heavy atom. The molecule has 6 nitrogen and oxygen atoms in total. The second kappa shape index (κ2) is 5.92. The summed E-state index contributed by atoms with van der Waals surface area (Å²) in [6, 6.07) is 6.61. The van der Waals surface area contributed by atoms with Crippen LogP contribution in [0.2, 0.25) is 0 Å². The zero-order valence-electron chi connectivity index (χ0n) is 11.2. The van der Waals surface area contributed by atoms with Gasteiger partial charge in [0.2, 0.25) is 11.8 Å². The van der Waals surface area contributed by atoms with Crippen LogP contribution in [0, 0.1) is 0 Å². The van der Waals surface area contributed by atoms with Crippen molar-refractivity contribution in [3.8, 4) is 0 Å². The van der Waals surface area contributed by atoms with E-state index in [1.54, 1.807) is 12.1 Å². The fourth-order valence-electron chi connectivity index (χ4n) is 2.44. The van der Waals surface area contributed by atoms with Crippen molar-refractivity contribution in [1.82, 2.24) is 4.90 Å². The van der Waals surface area contributed by atoms with Gasteiger partial charge in [0.25, 0.3) is 0 Å². The fraction of sp³-hybridized carbons (Fsp3) is 0.429. The van der Waals surface area contributed by atoms with Crippen molar-refractivity contribution in [3.63, 3.8) is 0 Å². The van der Waals surface area contributed by atoms with Crippen LogP contribution in [0.4, 0.5) is 5.69 Å². The van der Waals surface area contributed by atoms with E-state index in [9.17, 15) is 14.7 Å². The molecule has 1 aliphatic heterocycles. The molecule has 108 valence electrons. The summed E-state index contributed by atoms with van der Waals surface area (Å²) < 4.78 is 0. The summed E-state index contributed by atoms with van der Waals surface area (Å²) in [5, 5.41) is 9.57. The highest BCUT2D eigenvalue weighted by molar-refractivity contribution is 5.87. The molecule has 20 heavy (non-hydrogen) atoms. The minimum atomic E-state index is -0.691. The summed E-state index contributed by atoms with van der Waals surface area (Å²) >= 11 is 0. The molecule has 0 bridgehead atoms. The number of aliphatic hydroxyl groups excluding tert-OH is 1. The molecule has 0 radical (unpaired) electrons. The third-order valence-electron chi connectivity index (χ3n) is 3.54. The summed E-state index contributed by atoms with van der Waals surface area (Å²) in [4.78, 5) is 24.8. The highest BCUT2D eigenvalue weighted by Gasteiger charge is 2.37. The molecule has 1 aliphatic rings. The zero-order valence-corrected chi connectivity index (χ0v) is 11.2. The van der Waals surface area contributed by atoms with E-state index in [0.717, 1.165) is 5.56 Å². The molecule has 1 heterocycles. The summed E-state index contributed by atoms with van der Waals surface area (Å²) in [5.74, 6) is -0.732. The number of carbonyl (C=O) groups is 2. The van der Waals surface area contributed by atoms with Crippen molar-refractivity contribution in [2.75, 3.05) is 12.3 Å². The molecular weight excluding hydrogens is 258 g/mol. The SMILES string of the molecule is NC(=O)C1CC(O)CN1C(=O)CCc1ccc(N)cc1. The Balaban J connectivity index is 1.94. The molecule has 2 unspecified atom stereocenters. The van der Waals surface area contributed by atoms with Gasteiger partial charge >= 0.3 is 0 Å². The molecule has 0 aliphatic carbocycles. The molecule has 0 saturated carbocycles. The Kier molecular flexibility index (Phi) is 4.24. The van der Waals surface area contributed by atoms with E-state index < -0.39 is 18.1 Å². The lowest BCUT2D eigenvalue weighted by molar-refractivity contribution is -0.137. The number of aliphatic hydroxyl groups is 1. The van der Waals surface area contributed by atoms with Crippen molar-refractivity contribution >= 4 is 17.5 Å². The molecule has 2 amide bonds. The molecule has 5 N–H and O–H groups in total. The maximum absolute atomic E-state index is 12.1. The van der Waals surface area contributed by atoms with Crippen LogP contribution in [0.25, 0.3) is 0 Å². The topological polar surface area (TPSA) is 110 Å². The van der Waals surface area contributed by atoms with E-state index in [-0.39, 0.29) is 25.3 Å². The van der Waals surface area contributed by atoms with Crippen LogP contribution in [0.5, 0.6) is 0 Å². The standard InChI is InChI=1S/C14H19N3O3/c15-10-4-1-9(2-5-10)3-6-13(19)17-8-11(18)7-12(17)14(16)20/h1-2,4-5,11-12,18H,3,6-8,15H2,(H2,16,20). The van der Waals surface area contributed by atoms with Gasteiger partial charge in [0.1, 0.15) is 6.04 Å². The van der Waals surface area contributed by atoms with Crippen molar-refractivity contribution in [3.05, 3.63) is 29.8 Å². The fourth-order valence-corrected chi connectivity index (χ4v) is 2.44. The summed E-state index contributed by atoms with van der Waals surface area (Å²) in [6.45, 7) is 0.175. The predicted molar refractivity (Wildman–Crippen MR) is 74.5 cm³/mol. The van der Waals surface area contributed by atoms with Crippen LogP contribution >= 0.6 is 0 Å². The summed E-state index contributed by atoms with van der Waals surface area (Å²) in [6.07, 6.45) is 0.397. The van der Waals surface area contributed by atoms with E-state index in [2.05, 4.69) is 0 Å². The number of amides is 2. The Morgan fingerprint density at radius 1 is 1.30 bits per heavy atom. The van der Waals surface area contributed by atoms with E-state index in [1.165, 1.54) is 4.90 Å². The number of nitrogens with zero attached hydrogens (tertiary/aromatic N) is 1. The Hall–Kier alpha value is -2.08. The third kappa shape index (κ3) is 3.27. The highest BCUT2D eigenvalue weighted by atomic mass is 16.3. The van der Waals surface area contributed by atoms with Gasteiger partial charge in [0.05, 0.1) is 6.10 Å². The predicted octanol–water partition coefficient (Wildman–Crippen LogP) is -0.351. The van der Waals surface area contributed by atoms with Crippen LogP contribution in [0.15, 0.2) is 24.3 Å². The number of anilines is 1. The number of nitrogen functional groups attached to an aromatic ring is 1. The van der Waals surface area contributed by atoms with Crippen LogP contribution < -0.4 is 11.5 Å². The number of nitrogens with two attached hydrogens (primary N) is 2. The monoisotopic (exact) mass is 277 g/mol. The van der Waals surface area contributed by atoms with Crippen LogP contribution in [0.3, 0.4) is 0 Å². The van der Waals surface area contributed by atoms with Crippen LogP contribution in [-0.4, -0.2) is 40.5 Å². The molecule has 1 saturated heterocycles. The largest absolute Gasteiger partial charge is 0.399 e. The van der Waals surface area contributed by atoms with Crippen molar-refractivity contribution in [2.45, 2.75) is 31.4 Å². The quantitative estimate of drug-likeness (QED) is 0.653. The van der Waals surface area contributed by atoms with Gasteiger partial charge < -0.3 is 21.5 Å². The number of hydrogen-bond acceptors (Lipinski definition) is 4. The lowest BCUT2D eigenvalue weighted by atomic mass is 10.1. The molecule has 1 aromatic carbocycles. The maximum Gasteiger partial charge on any atom is 0.240 e. The molecule has 6 heteroatoms. The van der Waals surface area contributed by atoms with Gasteiger partial charge in [-0.1, -0.05) is 12.1 Å². The maximum atomic E-state index is 12.1. The van der Waals surface area contributed by atoms with Crippen LogP contribution in [0.1, 0.15) is 18.4 Å². The van der Waals surface area contributed by atoms with E-state index >= 15 is 0 Å². The Morgan fingerprint density at radius 2 is 1.95 bits per heavy atom. The number of β-amino-alcohol motifs (C(OH)–C–C–N with tert-alkyl or cyclic N) is 1. The van der Waals surface area contributed by atoms with E-state index in [0.29, 0.717) is 12.1 Å². The first-order valence-electron chi connectivity index (χ1n) is 6.58. The number of rotatable bonds is 4. The second-order valence-corrected chi connectivity index (χ2v) is 5.10. The normalized spacial score (nSPS) is 21.9. The second-order valence-electron chi connectivity index (χ2n) is 5.10. The molecule has 2 atom stereocenters. The summed E-state index contributed by atoms with van der Waals surface area (Å²) in [5.41, 5.74) is 12.5. The molecule has 1 aromatic rings. The number of likely N-dealkylation sites (tertiary alicyclic amines) is 1. The van der Waals surface area contributed by atoms with E-state index in [4.69, 9.17) is 11.5 Å². The lowest BCUT2D eigenvalue weighted by Crippen LogP contribution is -2.43. The molecular formula is C14H19N3O3. The first kappa shape index (κ1) is 14.3. The first-order chi connectivity index (χ1) is 9.47. The molecule has 2 rings (SSSR count). The van der Waals surface area contributed by atoms with Crippen LogP contribution in [-0.2, 0) is 16.0 Å². The average Bonchev–Trinajstić information content (AvgIpc) is 2.80. The zero-order chi connectivity index (χ0) is 14.7. The number of hydrogen-bond donors (Lipinski definition) is 3. The highest BCUT2D eigenvalue weighted by Crippen LogP contribution is 2.19. The van der Waals surface area contributed by atoms with Gasteiger partial charge in [-0.2, -0.15) is 0 Å². The van der Waals surface area contributed by atoms with Gasteiger partial charge in [-0.15, -0.1) is 0 Å². The molecule has 1 fully saturated rings. The van der Waals surface area contributed by atoms with Gasteiger partial charge in [-0.05, 0) is 24.1 Å². The number of benzene rings is 1.